The molecule has 0 aliphatic carbocycles. The maximum atomic E-state index is 5.58. The number of oxime groups is 1. The first-order valence-electron chi connectivity index (χ1n) is 5.02. The minimum absolute atomic E-state index is 0.0314. The Balaban J connectivity index is 2.56. The van der Waals surface area contributed by atoms with Crippen molar-refractivity contribution in [3.05, 3.63) is 0 Å². The van der Waals surface area contributed by atoms with Crippen LogP contribution in [0.2, 0.25) is 0 Å². The number of hydrogen-bond donors (Lipinski definition) is 0. The SMILES string of the molecule is CC/C1=N/OCO[C@@](C)(CC)CC1. The molecule has 3 heteroatoms. The lowest BCUT2D eigenvalue weighted by molar-refractivity contribution is -0.142. The first-order chi connectivity index (χ1) is 6.20. The first kappa shape index (κ1) is 10.5. The molecule has 0 aromatic rings. The van der Waals surface area contributed by atoms with E-state index < -0.39 is 0 Å². The van der Waals surface area contributed by atoms with Crippen molar-refractivity contribution in [2.24, 2.45) is 5.16 Å². The van der Waals surface area contributed by atoms with E-state index in [-0.39, 0.29) is 12.4 Å². The van der Waals surface area contributed by atoms with Crippen LogP contribution in [-0.2, 0) is 9.57 Å². The van der Waals surface area contributed by atoms with Crippen LogP contribution in [0.4, 0.5) is 0 Å². The summed E-state index contributed by atoms with van der Waals surface area (Å²) in [6.07, 6.45) is 4.02. The van der Waals surface area contributed by atoms with Gasteiger partial charge in [0.15, 0.2) is 0 Å². The van der Waals surface area contributed by atoms with Crippen molar-refractivity contribution in [2.75, 3.05) is 6.79 Å². The van der Waals surface area contributed by atoms with Crippen molar-refractivity contribution in [2.45, 2.75) is 52.1 Å². The van der Waals surface area contributed by atoms with E-state index in [1.807, 2.05) is 0 Å². The van der Waals surface area contributed by atoms with E-state index in [1.54, 1.807) is 0 Å². The molecule has 1 rings (SSSR count). The summed E-state index contributed by atoms with van der Waals surface area (Å²) in [5.41, 5.74) is 1.11. The Hall–Kier alpha value is -0.570. The highest BCUT2D eigenvalue weighted by Gasteiger charge is 2.24. The summed E-state index contributed by atoms with van der Waals surface area (Å²) in [5, 5.41) is 3.99. The molecule has 0 spiro atoms. The molecule has 0 saturated carbocycles. The molecule has 0 saturated heterocycles. The lowest BCUT2D eigenvalue weighted by Crippen LogP contribution is -2.31. The molecule has 0 aromatic heterocycles. The standard InChI is InChI=1S/C10H19NO2/c1-4-9-6-7-10(3,5-2)12-8-13-11-9/h4-8H2,1-3H3/b11-9-/t10-/m0/s1. The van der Waals surface area contributed by atoms with Crippen molar-refractivity contribution in [3.8, 4) is 0 Å². The lowest BCUT2D eigenvalue weighted by Gasteiger charge is -2.29. The Morgan fingerprint density at radius 3 is 2.85 bits per heavy atom. The molecule has 0 fully saturated rings. The summed E-state index contributed by atoms with van der Waals surface area (Å²) in [6.45, 7) is 6.67. The Morgan fingerprint density at radius 1 is 1.46 bits per heavy atom. The van der Waals surface area contributed by atoms with Gasteiger partial charge < -0.3 is 9.57 Å². The van der Waals surface area contributed by atoms with Crippen LogP contribution < -0.4 is 0 Å². The average molecular weight is 185 g/mol. The maximum absolute atomic E-state index is 5.58. The van der Waals surface area contributed by atoms with Gasteiger partial charge in [-0.1, -0.05) is 19.0 Å². The fourth-order valence-corrected chi connectivity index (χ4v) is 1.33. The van der Waals surface area contributed by atoms with Gasteiger partial charge in [0.05, 0.1) is 11.3 Å². The van der Waals surface area contributed by atoms with Gasteiger partial charge in [0.1, 0.15) is 0 Å². The third-order valence-electron chi connectivity index (χ3n) is 2.75. The van der Waals surface area contributed by atoms with E-state index in [9.17, 15) is 0 Å². The zero-order valence-corrected chi connectivity index (χ0v) is 8.80. The fraction of sp³-hybridized carbons (Fsp3) is 0.900. The van der Waals surface area contributed by atoms with Crippen LogP contribution in [0.5, 0.6) is 0 Å². The van der Waals surface area contributed by atoms with Gasteiger partial charge in [0.25, 0.3) is 0 Å². The quantitative estimate of drug-likeness (QED) is 0.662. The van der Waals surface area contributed by atoms with Crippen LogP contribution in [0.1, 0.15) is 46.5 Å². The molecule has 0 bridgehead atoms. The molecule has 1 aliphatic rings. The smallest absolute Gasteiger partial charge is 0.217 e. The molecule has 1 heterocycles. The minimum atomic E-state index is -0.0314. The van der Waals surface area contributed by atoms with E-state index in [4.69, 9.17) is 9.57 Å². The molecule has 0 unspecified atom stereocenters. The van der Waals surface area contributed by atoms with Gasteiger partial charge in [-0.05, 0) is 32.6 Å². The summed E-state index contributed by atoms with van der Waals surface area (Å²) in [4.78, 5) is 5.04. The molecule has 1 aliphatic heterocycles. The molecule has 1 atom stereocenters. The van der Waals surface area contributed by atoms with Gasteiger partial charge in [-0.15, -0.1) is 0 Å². The zero-order chi connectivity index (χ0) is 9.73. The number of hydrogen-bond acceptors (Lipinski definition) is 3. The van der Waals surface area contributed by atoms with Crippen molar-refractivity contribution < 1.29 is 9.57 Å². The molecule has 13 heavy (non-hydrogen) atoms. The van der Waals surface area contributed by atoms with Gasteiger partial charge >= 0.3 is 0 Å². The predicted molar refractivity (Wildman–Crippen MR) is 52.7 cm³/mol. The highest BCUT2D eigenvalue weighted by atomic mass is 16.7. The van der Waals surface area contributed by atoms with Crippen LogP contribution in [0.15, 0.2) is 5.16 Å². The normalized spacial score (nSPS) is 33.9. The largest absolute Gasteiger partial charge is 0.367 e. The third kappa shape index (κ3) is 2.99. The molecular weight excluding hydrogens is 166 g/mol. The van der Waals surface area contributed by atoms with E-state index in [0.717, 1.165) is 31.4 Å². The maximum Gasteiger partial charge on any atom is 0.217 e. The summed E-state index contributed by atoms with van der Waals surface area (Å²) in [6, 6.07) is 0. The summed E-state index contributed by atoms with van der Waals surface area (Å²) in [7, 11) is 0. The van der Waals surface area contributed by atoms with Gasteiger partial charge in [-0.3, -0.25) is 0 Å². The lowest BCUT2D eigenvalue weighted by atomic mass is 9.94. The van der Waals surface area contributed by atoms with Gasteiger partial charge in [0, 0.05) is 0 Å². The van der Waals surface area contributed by atoms with E-state index in [1.165, 1.54) is 0 Å². The fourth-order valence-electron chi connectivity index (χ4n) is 1.33. The van der Waals surface area contributed by atoms with Crippen molar-refractivity contribution in [1.29, 1.82) is 0 Å². The van der Waals surface area contributed by atoms with Crippen LogP contribution in [0, 0.1) is 0 Å². The molecule has 0 radical (unpaired) electrons. The Kier molecular flexibility index (Phi) is 3.72. The van der Waals surface area contributed by atoms with Crippen LogP contribution in [0.25, 0.3) is 0 Å². The van der Waals surface area contributed by atoms with Crippen LogP contribution in [-0.4, -0.2) is 18.1 Å². The highest BCUT2D eigenvalue weighted by molar-refractivity contribution is 5.83. The summed E-state index contributed by atoms with van der Waals surface area (Å²) < 4.78 is 5.58. The molecule has 76 valence electrons. The second kappa shape index (κ2) is 4.61. The Morgan fingerprint density at radius 2 is 2.23 bits per heavy atom. The van der Waals surface area contributed by atoms with Gasteiger partial charge in [0.2, 0.25) is 6.79 Å². The zero-order valence-electron chi connectivity index (χ0n) is 8.80. The molecule has 0 N–H and O–H groups in total. The third-order valence-corrected chi connectivity index (χ3v) is 2.75. The monoisotopic (exact) mass is 185 g/mol. The van der Waals surface area contributed by atoms with Crippen molar-refractivity contribution in [3.63, 3.8) is 0 Å². The van der Waals surface area contributed by atoms with Gasteiger partial charge in [-0.25, -0.2) is 0 Å². The van der Waals surface area contributed by atoms with Crippen LogP contribution in [0.3, 0.4) is 0 Å². The van der Waals surface area contributed by atoms with E-state index in [0.29, 0.717) is 0 Å². The topological polar surface area (TPSA) is 30.8 Å². The predicted octanol–water partition coefficient (Wildman–Crippen LogP) is 2.71. The van der Waals surface area contributed by atoms with E-state index in [2.05, 4.69) is 25.9 Å². The number of rotatable bonds is 2. The number of nitrogens with zero attached hydrogens (tertiary/aromatic N) is 1. The number of ether oxygens (including phenoxy) is 1. The van der Waals surface area contributed by atoms with Crippen molar-refractivity contribution >= 4 is 5.71 Å². The summed E-state index contributed by atoms with van der Waals surface area (Å²) in [5.74, 6) is 0. The minimum Gasteiger partial charge on any atom is -0.367 e. The van der Waals surface area contributed by atoms with Crippen molar-refractivity contribution in [1.82, 2.24) is 0 Å². The molecule has 0 amide bonds. The summed E-state index contributed by atoms with van der Waals surface area (Å²) >= 11 is 0. The highest BCUT2D eigenvalue weighted by Crippen LogP contribution is 2.23. The van der Waals surface area contributed by atoms with Gasteiger partial charge in [-0.2, -0.15) is 0 Å². The average Bonchev–Trinajstić information content (AvgIpc) is 2.13. The molecular formula is C10H19NO2. The molecule has 0 aromatic carbocycles. The first-order valence-corrected chi connectivity index (χ1v) is 5.02. The Labute approximate surface area is 80.1 Å². The Bertz CT molecular complexity index is 191. The second-order valence-corrected chi connectivity index (χ2v) is 3.71. The second-order valence-electron chi connectivity index (χ2n) is 3.71. The molecule has 3 nitrogen and oxygen atoms in total. The van der Waals surface area contributed by atoms with E-state index >= 15 is 0 Å². The van der Waals surface area contributed by atoms with Crippen LogP contribution >= 0.6 is 0 Å².